The summed E-state index contributed by atoms with van der Waals surface area (Å²) in [5, 5.41) is 0. The standard InChI is InChI=1S/C39H56O8/c1-23(31(40)44-35(3,4)5)15-39(16-24(2)32(41)45-36(6,7)8,33(42)46-37-17-25-9-26(18-37)11-27(10-25)19-37)34(43)47-38-20-28-12-29(21-38)14-30(13-28)22-38/h25-30H,1-2,9-22H2,3-8H3. The van der Waals surface area contributed by atoms with E-state index in [1.165, 1.54) is 0 Å². The highest BCUT2D eigenvalue weighted by Crippen LogP contribution is 2.59. The molecule has 8 nitrogen and oxygen atoms in total. The number of esters is 4. The lowest BCUT2D eigenvalue weighted by atomic mass is 9.54. The van der Waals surface area contributed by atoms with Crippen LogP contribution < -0.4 is 0 Å². The van der Waals surface area contributed by atoms with Crippen LogP contribution in [0, 0.1) is 40.9 Å². The Labute approximate surface area is 280 Å². The fourth-order valence-corrected chi connectivity index (χ4v) is 10.9. The summed E-state index contributed by atoms with van der Waals surface area (Å²) in [5.74, 6) is 0.0300. The molecule has 0 amide bonds. The van der Waals surface area contributed by atoms with E-state index in [1.54, 1.807) is 41.5 Å². The number of carbonyl (C=O) groups excluding carboxylic acids is 4. The normalized spacial score (nSPS) is 35.3. The fourth-order valence-electron chi connectivity index (χ4n) is 10.9. The van der Waals surface area contributed by atoms with E-state index in [0.717, 1.165) is 77.0 Å². The minimum absolute atomic E-state index is 0.0539. The van der Waals surface area contributed by atoms with Crippen LogP contribution in [0.1, 0.15) is 131 Å². The second-order valence-electron chi connectivity index (χ2n) is 18.6. The lowest BCUT2D eigenvalue weighted by molar-refractivity contribution is -0.213. The van der Waals surface area contributed by atoms with Crippen molar-refractivity contribution in [2.45, 2.75) is 154 Å². The van der Waals surface area contributed by atoms with E-state index in [9.17, 15) is 19.2 Å². The minimum atomic E-state index is -2.06. The minimum Gasteiger partial charge on any atom is -0.458 e. The molecule has 0 heterocycles. The van der Waals surface area contributed by atoms with Crippen molar-refractivity contribution in [1.82, 2.24) is 0 Å². The van der Waals surface area contributed by atoms with Gasteiger partial charge in [-0.1, -0.05) is 13.2 Å². The van der Waals surface area contributed by atoms with Crippen molar-refractivity contribution in [2.24, 2.45) is 40.9 Å². The predicted molar refractivity (Wildman–Crippen MR) is 176 cm³/mol. The number of hydrogen-bond donors (Lipinski definition) is 0. The van der Waals surface area contributed by atoms with Gasteiger partial charge in [-0.3, -0.25) is 9.59 Å². The molecule has 8 rings (SSSR count). The first kappa shape index (κ1) is 34.2. The highest BCUT2D eigenvalue weighted by atomic mass is 16.6. The van der Waals surface area contributed by atoms with Gasteiger partial charge in [-0.15, -0.1) is 0 Å². The van der Waals surface area contributed by atoms with Crippen molar-refractivity contribution in [3.63, 3.8) is 0 Å². The van der Waals surface area contributed by atoms with Gasteiger partial charge >= 0.3 is 23.9 Å². The summed E-state index contributed by atoms with van der Waals surface area (Å²) in [6.45, 7) is 18.5. The van der Waals surface area contributed by atoms with Crippen LogP contribution in [0.15, 0.2) is 24.3 Å². The molecule has 0 radical (unpaired) electrons. The molecule has 0 aromatic rings. The summed E-state index contributed by atoms with van der Waals surface area (Å²) in [4.78, 5) is 56.6. The fraction of sp³-hybridized carbons (Fsp3) is 0.795. The monoisotopic (exact) mass is 652 g/mol. The number of hydrogen-bond acceptors (Lipinski definition) is 8. The summed E-state index contributed by atoms with van der Waals surface area (Å²) in [7, 11) is 0. The van der Waals surface area contributed by atoms with Crippen molar-refractivity contribution in [3.8, 4) is 0 Å². The number of carbonyl (C=O) groups is 4. The van der Waals surface area contributed by atoms with Crippen LogP contribution in [0.2, 0.25) is 0 Å². The van der Waals surface area contributed by atoms with Gasteiger partial charge in [0, 0.05) is 24.0 Å². The first-order chi connectivity index (χ1) is 21.7. The van der Waals surface area contributed by atoms with E-state index in [4.69, 9.17) is 18.9 Å². The Balaban J connectivity index is 1.37. The topological polar surface area (TPSA) is 105 Å². The molecule has 0 aliphatic heterocycles. The maximum atomic E-state index is 15.0. The average molecular weight is 653 g/mol. The predicted octanol–water partition coefficient (Wildman–Crippen LogP) is 7.57. The van der Waals surface area contributed by atoms with Gasteiger partial charge in [0.1, 0.15) is 22.4 Å². The Morgan fingerprint density at radius 2 is 0.787 bits per heavy atom. The quantitative estimate of drug-likeness (QED) is 0.103. The summed E-state index contributed by atoms with van der Waals surface area (Å²) >= 11 is 0. The molecule has 8 aliphatic carbocycles. The van der Waals surface area contributed by atoms with Crippen LogP contribution in [-0.4, -0.2) is 46.3 Å². The van der Waals surface area contributed by atoms with E-state index >= 15 is 0 Å². The van der Waals surface area contributed by atoms with Crippen molar-refractivity contribution in [2.75, 3.05) is 0 Å². The molecule has 47 heavy (non-hydrogen) atoms. The number of rotatable bonds is 10. The van der Waals surface area contributed by atoms with Crippen molar-refractivity contribution in [1.29, 1.82) is 0 Å². The maximum absolute atomic E-state index is 15.0. The van der Waals surface area contributed by atoms with Crippen LogP contribution in [0.25, 0.3) is 0 Å². The van der Waals surface area contributed by atoms with Crippen LogP contribution >= 0.6 is 0 Å². The molecule has 0 saturated heterocycles. The Bertz CT molecular complexity index is 1170. The second-order valence-corrected chi connectivity index (χ2v) is 18.6. The molecule has 0 unspecified atom stereocenters. The molecule has 0 spiro atoms. The van der Waals surface area contributed by atoms with Crippen LogP contribution in [-0.2, 0) is 38.1 Å². The van der Waals surface area contributed by atoms with E-state index in [0.29, 0.717) is 35.5 Å². The van der Waals surface area contributed by atoms with Gasteiger partial charge in [0.25, 0.3) is 0 Å². The summed E-state index contributed by atoms with van der Waals surface area (Å²) in [6.07, 6.45) is 10.7. The highest BCUT2D eigenvalue weighted by Gasteiger charge is 2.60. The zero-order chi connectivity index (χ0) is 34.2. The van der Waals surface area contributed by atoms with Gasteiger partial charge in [-0.05, 0) is 154 Å². The molecular formula is C39H56O8. The van der Waals surface area contributed by atoms with E-state index < -0.39 is 64.5 Å². The maximum Gasteiger partial charge on any atom is 0.333 e. The summed E-state index contributed by atoms with van der Waals surface area (Å²) < 4.78 is 24.5. The van der Waals surface area contributed by atoms with E-state index in [1.807, 2.05) is 0 Å². The zero-order valence-electron chi connectivity index (χ0n) is 29.5. The van der Waals surface area contributed by atoms with Gasteiger partial charge in [0.15, 0.2) is 5.41 Å². The molecular weight excluding hydrogens is 596 g/mol. The van der Waals surface area contributed by atoms with Gasteiger partial charge in [-0.2, -0.15) is 0 Å². The van der Waals surface area contributed by atoms with Crippen LogP contribution in [0.4, 0.5) is 0 Å². The largest absolute Gasteiger partial charge is 0.458 e. The third-order valence-corrected chi connectivity index (χ3v) is 11.8. The lowest BCUT2D eigenvalue weighted by Crippen LogP contribution is -2.58. The molecule has 260 valence electrons. The van der Waals surface area contributed by atoms with Crippen molar-refractivity contribution in [3.05, 3.63) is 24.3 Å². The van der Waals surface area contributed by atoms with Gasteiger partial charge in [0.05, 0.1) is 0 Å². The molecule has 0 aromatic carbocycles. The first-order valence-electron chi connectivity index (χ1n) is 18.0. The van der Waals surface area contributed by atoms with Gasteiger partial charge in [0.2, 0.25) is 0 Å². The smallest absolute Gasteiger partial charge is 0.333 e. The molecule has 8 heteroatoms. The van der Waals surface area contributed by atoms with Gasteiger partial charge < -0.3 is 18.9 Å². The average Bonchev–Trinajstić information content (AvgIpc) is 2.88. The molecule has 0 aromatic heterocycles. The van der Waals surface area contributed by atoms with Crippen molar-refractivity contribution >= 4 is 23.9 Å². The Hall–Kier alpha value is -2.64. The third-order valence-electron chi connectivity index (χ3n) is 11.8. The SMILES string of the molecule is C=C(CC(CC(=C)C(=O)OC(C)(C)C)(C(=O)OC12CC3CC(CC(C3)C1)C2)C(=O)OC12CC3CC(CC(C3)C1)C2)C(=O)OC(C)(C)C. The molecule has 8 aliphatic rings. The molecule has 8 fully saturated rings. The van der Waals surface area contributed by atoms with E-state index in [2.05, 4.69) is 13.2 Å². The lowest BCUT2D eigenvalue weighted by Gasteiger charge is -2.57. The van der Waals surface area contributed by atoms with E-state index in [-0.39, 0.29) is 11.1 Å². The second kappa shape index (κ2) is 11.8. The Morgan fingerprint density at radius 1 is 0.532 bits per heavy atom. The van der Waals surface area contributed by atoms with Crippen LogP contribution in [0.3, 0.4) is 0 Å². The van der Waals surface area contributed by atoms with Gasteiger partial charge in [-0.25, -0.2) is 9.59 Å². The van der Waals surface area contributed by atoms with Crippen LogP contribution in [0.5, 0.6) is 0 Å². The first-order valence-corrected chi connectivity index (χ1v) is 18.0. The Kier molecular flexibility index (Phi) is 8.56. The molecule has 0 atom stereocenters. The summed E-state index contributed by atoms with van der Waals surface area (Å²) in [5.41, 5.74) is -5.14. The Morgan fingerprint density at radius 3 is 1.02 bits per heavy atom. The molecule has 0 N–H and O–H groups in total. The number of ether oxygens (including phenoxy) is 4. The third kappa shape index (κ3) is 7.22. The molecule has 8 saturated carbocycles. The van der Waals surface area contributed by atoms with Crippen molar-refractivity contribution < 1.29 is 38.1 Å². The highest BCUT2D eigenvalue weighted by molar-refractivity contribution is 6.04. The summed E-state index contributed by atoms with van der Waals surface area (Å²) in [6, 6.07) is 0. The molecule has 8 bridgehead atoms. The zero-order valence-corrected chi connectivity index (χ0v) is 29.5.